The Bertz CT molecular complexity index is 470. The van der Waals surface area contributed by atoms with Gasteiger partial charge in [0.2, 0.25) is 0 Å². The van der Waals surface area contributed by atoms with Gasteiger partial charge in [-0.3, -0.25) is 0 Å². The Morgan fingerprint density at radius 1 is 1.20 bits per heavy atom. The summed E-state index contributed by atoms with van der Waals surface area (Å²) >= 11 is 0. The third-order valence-electron chi connectivity index (χ3n) is 1.82. The van der Waals surface area contributed by atoms with Gasteiger partial charge in [0.05, 0.1) is 11.9 Å². The van der Waals surface area contributed by atoms with Crippen LogP contribution in [0.1, 0.15) is 5.82 Å². The summed E-state index contributed by atoms with van der Waals surface area (Å²) in [7, 11) is 0. The molecule has 1 heterocycles. The highest BCUT2D eigenvalue weighted by atomic mass is 16.4. The van der Waals surface area contributed by atoms with Crippen LogP contribution in [0.15, 0.2) is 41.7 Å². The normalized spacial score (nSPS) is 10.7. The second-order valence-electron chi connectivity index (χ2n) is 2.81. The molecule has 74 valence electrons. The van der Waals surface area contributed by atoms with E-state index in [1.165, 1.54) is 0 Å². The summed E-state index contributed by atoms with van der Waals surface area (Å²) in [6.45, 7) is 0. The van der Waals surface area contributed by atoms with Crippen LogP contribution in [0, 0.1) is 0 Å². The number of hydrogen-bond acceptors (Lipinski definition) is 5. The summed E-state index contributed by atoms with van der Waals surface area (Å²) in [6, 6.07) is 9.59. The number of rotatable bonds is 2. The zero-order valence-corrected chi connectivity index (χ0v) is 7.78. The molecule has 0 fully saturated rings. The van der Waals surface area contributed by atoms with Crippen molar-refractivity contribution in [2.45, 2.75) is 0 Å². The first kappa shape index (κ1) is 9.26. The van der Waals surface area contributed by atoms with E-state index in [4.69, 9.17) is 5.21 Å². The lowest BCUT2D eigenvalue weighted by atomic mass is 10.2. The minimum absolute atomic E-state index is 0.277. The van der Waals surface area contributed by atoms with Crippen molar-refractivity contribution in [1.29, 1.82) is 0 Å². The fourth-order valence-electron chi connectivity index (χ4n) is 1.17. The minimum Gasteiger partial charge on any atom is -0.411 e. The van der Waals surface area contributed by atoms with E-state index in [2.05, 4.69) is 20.3 Å². The molecule has 0 saturated carbocycles. The van der Waals surface area contributed by atoms with Gasteiger partial charge in [0, 0.05) is 5.56 Å². The molecule has 2 aromatic rings. The van der Waals surface area contributed by atoms with E-state index < -0.39 is 0 Å². The van der Waals surface area contributed by atoms with E-state index in [0.717, 1.165) is 11.8 Å². The average Bonchev–Trinajstić information content (AvgIpc) is 2.31. The molecule has 1 aromatic carbocycles. The van der Waals surface area contributed by atoms with Crippen LogP contribution in [0.2, 0.25) is 0 Å². The van der Waals surface area contributed by atoms with Crippen LogP contribution >= 0.6 is 0 Å². The molecular formula is C10H8N4O. The van der Waals surface area contributed by atoms with Gasteiger partial charge in [-0.05, 0) is 0 Å². The van der Waals surface area contributed by atoms with Gasteiger partial charge in [-0.25, -0.2) is 4.98 Å². The maximum Gasteiger partial charge on any atom is 0.196 e. The Balaban J connectivity index is 2.41. The van der Waals surface area contributed by atoms with Crippen molar-refractivity contribution >= 4 is 6.21 Å². The van der Waals surface area contributed by atoms with Crippen LogP contribution in [0.5, 0.6) is 0 Å². The van der Waals surface area contributed by atoms with Crippen molar-refractivity contribution in [3.8, 4) is 11.3 Å². The number of nitrogens with zero attached hydrogens (tertiary/aromatic N) is 4. The van der Waals surface area contributed by atoms with Gasteiger partial charge < -0.3 is 5.21 Å². The van der Waals surface area contributed by atoms with Crippen LogP contribution in [0.4, 0.5) is 0 Å². The molecule has 1 aromatic heterocycles. The molecular weight excluding hydrogens is 192 g/mol. The quantitative estimate of drug-likeness (QED) is 0.451. The summed E-state index contributed by atoms with van der Waals surface area (Å²) in [4.78, 5) is 4.15. The highest BCUT2D eigenvalue weighted by molar-refractivity contribution is 5.74. The second kappa shape index (κ2) is 4.28. The predicted molar refractivity (Wildman–Crippen MR) is 54.6 cm³/mol. The smallest absolute Gasteiger partial charge is 0.196 e. The standard InChI is InChI=1S/C10H8N4O/c15-12-7-10-13-9(6-11-14-10)8-4-2-1-3-5-8/h1-7,15H/b12-7-. The Morgan fingerprint density at radius 2 is 2.00 bits per heavy atom. The van der Waals surface area contributed by atoms with Gasteiger partial charge in [-0.15, -0.1) is 5.10 Å². The van der Waals surface area contributed by atoms with Crippen LogP contribution in [-0.4, -0.2) is 26.6 Å². The molecule has 0 atom stereocenters. The summed E-state index contributed by atoms with van der Waals surface area (Å²) < 4.78 is 0. The summed E-state index contributed by atoms with van der Waals surface area (Å²) in [5.41, 5.74) is 1.64. The number of benzene rings is 1. The van der Waals surface area contributed by atoms with E-state index in [0.29, 0.717) is 5.69 Å². The Kier molecular flexibility index (Phi) is 2.64. The maximum absolute atomic E-state index is 8.34. The average molecular weight is 200 g/mol. The molecule has 5 heteroatoms. The van der Waals surface area contributed by atoms with Crippen LogP contribution in [-0.2, 0) is 0 Å². The van der Waals surface area contributed by atoms with Crippen molar-refractivity contribution in [2.75, 3.05) is 0 Å². The highest BCUT2D eigenvalue weighted by Gasteiger charge is 2.00. The predicted octanol–water partition coefficient (Wildman–Crippen LogP) is 1.35. The number of aromatic nitrogens is 3. The van der Waals surface area contributed by atoms with Crippen LogP contribution in [0.25, 0.3) is 11.3 Å². The molecule has 0 aliphatic carbocycles. The fraction of sp³-hybridized carbons (Fsp3) is 0. The summed E-state index contributed by atoms with van der Waals surface area (Å²) in [6.07, 6.45) is 2.70. The number of oxime groups is 1. The molecule has 0 radical (unpaired) electrons. The third-order valence-corrected chi connectivity index (χ3v) is 1.82. The lowest BCUT2D eigenvalue weighted by Gasteiger charge is -1.98. The van der Waals surface area contributed by atoms with Crippen LogP contribution in [0.3, 0.4) is 0 Å². The van der Waals surface area contributed by atoms with Gasteiger partial charge in [0.25, 0.3) is 0 Å². The molecule has 2 rings (SSSR count). The molecule has 15 heavy (non-hydrogen) atoms. The molecule has 0 aliphatic rings. The van der Waals surface area contributed by atoms with Crippen molar-refractivity contribution in [1.82, 2.24) is 15.2 Å². The molecule has 0 amide bonds. The van der Waals surface area contributed by atoms with E-state index in [9.17, 15) is 0 Å². The Hall–Kier alpha value is -2.30. The zero-order chi connectivity index (χ0) is 10.5. The molecule has 0 aliphatic heterocycles. The fourth-order valence-corrected chi connectivity index (χ4v) is 1.17. The minimum atomic E-state index is 0.277. The van der Waals surface area contributed by atoms with E-state index in [1.807, 2.05) is 30.3 Å². The van der Waals surface area contributed by atoms with Crippen LogP contribution < -0.4 is 0 Å². The SMILES string of the molecule is O/N=C\c1nncc(-c2ccccc2)n1. The van der Waals surface area contributed by atoms with E-state index in [-0.39, 0.29) is 5.82 Å². The third kappa shape index (κ3) is 2.14. The molecule has 0 bridgehead atoms. The lowest BCUT2D eigenvalue weighted by molar-refractivity contribution is 0.321. The summed E-state index contributed by atoms with van der Waals surface area (Å²) in [5.74, 6) is 0.277. The first-order chi connectivity index (χ1) is 7.40. The molecule has 0 saturated heterocycles. The van der Waals surface area contributed by atoms with Gasteiger partial charge in [-0.2, -0.15) is 5.10 Å². The topological polar surface area (TPSA) is 71.3 Å². The van der Waals surface area contributed by atoms with E-state index in [1.54, 1.807) is 6.20 Å². The van der Waals surface area contributed by atoms with Crippen molar-refractivity contribution < 1.29 is 5.21 Å². The maximum atomic E-state index is 8.34. The van der Waals surface area contributed by atoms with Crippen molar-refractivity contribution in [2.24, 2.45) is 5.16 Å². The second-order valence-corrected chi connectivity index (χ2v) is 2.81. The molecule has 0 unspecified atom stereocenters. The number of hydrogen-bond donors (Lipinski definition) is 1. The summed E-state index contributed by atoms with van der Waals surface area (Å²) in [5, 5.41) is 18.6. The Labute approximate surface area is 86.1 Å². The first-order valence-electron chi connectivity index (χ1n) is 4.33. The molecule has 0 spiro atoms. The van der Waals surface area contributed by atoms with Gasteiger partial charge in [0.15, 0.2) is 5.82 Å². The lowest BCUT2D eigenvalue weighted by Crippen LogP contribution is -1.97. The monoisotopic (exact) mass is 200 g/mol. The zero-order valence-electron chi connectivity index (χ0n) is 7.78. The highest BCUT2D eigenvalue weighted by Crippen LogP contribution is 2.13. The van der Waals surface area contributed by atoms with Crippen molar-refractivity contribution in [3.05, 3.63) is 42.4 Å². The first-order valence-corrected chi connectivity index (χ1v) is 4.33. The van der Waals surface area contributed by atoms with Gasteiger partial charge in [-0.1, -0.05) is 35.5 Å². The largest absolute Gasteiger partial charge is 0.411 e. The molecule has 5 nitrogen and oxygen atoms in total. The van der Waals surface area contributed by atoms with Gasteiger partial charge in [0.1, 0.15) is 6.21 Å². The Morgan fingerprint density at radius 3 is 2.73 bits per heavy atom. The molecule has 1 N–H and O–H groups in total. The van der Waals surface area contributed by atoms with Crippen molar-refractivity contribution in [3.63, 3.8) is 0 Å². The van der Waals surface area contributed by atoms with E-state index >= 15 is 0 Å². The van der Waals surface area contributed by atoms with Gasteiger partial charge >= 0.3 is 0 Å².